The van der Waals surface area contributed by atoms with Crippen LogP contribution in [0.25, 0.3) is 0 Å². The molecule has 6 heteroatoms. The molecule has 1 aromatic carbocycles. The van der Waals surface area contributed by atoms with Crippen LogP contribution in [0.1, 0.15) is 16.7 Å². The summed E-state index contributed by atoms with van der Waals surface area (Å²) >= 11 is 0. The van der Waals surface area contributed by atoms with Crippen molar-refractivity contribution in [2.24, 2.45) is 0 Å². The van der Waals surface area contributed by atoms with Crippen molar-refractivity contribution in [3.8, 4) is 0 Å². The number of hydrogen-bond donors (Lipinski definition) is 3. The Hall–Kier alpha value is -1.27. The molecule has 0 heterocycles. The zero-order valence-corrected chi connectivity index (χ0v) is 9.64. The minimum atomic E-state index is -4.29. The van der Waals surface area contributed by atoms with E-state index in [2.05, 4.69) is 0 Å². The molecule has 15 heavy (non-hydrogen) atoms. The van der Waals surface area contributed by atoms with Crippen LogP contribution in [0.2, 0.25) is 0 Å². The topological polar surface area (TPSA) is 106 Å². The zero-order chi connectivity index (χ0) is 12.0. The molecule has 0 aliphatic rings. The molecular formula is C9H14N2O3S. The lowest BCUT2D eigenvalue weighted by Gasteiger charge is -2.15. The minimum absolute atomic E-state index is 0.192. The van der Waals surface area contributed by atoms with Crippen molar-refractivity contribution in [1.82, 2.24) is 0 Å². The van der Waals surface area contributed by atoms with Crippen molar-refractivity contribution < 1.29 is 13.0 Å². The van der Waals surface area contributed by atoms with Crippen LogP contribution in [-0.2, 0) is 10.1 Å². The summed E-state index contributed by atoms with van der Waals surface area (Å²) in [7, 11) is -4.29. The number of hydrogen-bond acceptors (Lipinski definition) is 4. The van der Waals surface area contributed by atoms with Gasteiger partial charge in [-0.25, -0.2) is 0 Å². The summed E-state index contributed by atoms with van der Waals surface area (Å²) in [6.45, 7) is 4.79. The van der Waals surface area contributed by atoms with Crippen LogP contribution in [0.5, 0.6) is 0 Å². The van der Waals surface area contributed by atoms with Crippen LogP contribution in [-0.4, -0.2) is 13.0 Å². The molecule has 5 N–H and O–H groups in total. The lowest BCUT2D eigenvalue weighted by molar-refractivity contribution is 0.482. The van der Waals surface area contributed by atoms with Gasteiger partial charge in [0.05, 0.1) is 0 Å². The van der Waals surface area contributed by atoms with Crippen molar-refractivity contribution >= 4 is 21.5 Å². The van der Waals surface area contributed by atoms with E-state index in [4.69, 9.17) is 16.0 Å². The van der Waals surface area contributed by atoms with E-state index >= 15 is 0 Å². The van der Waals surface area contributed by atoms with Crippen LogP contribution >= 0.6 is 0 Å². The molecule has 0 spiro atoms. The van der Waals surface area contributed by atoms with E-state index in [1.54, 1.807) is 6.92 Å². The number of rotatable bonds is 1. The van der Waals surface area contributed by atoms with Gasteiger partial charge < -0.3 is 11.5 Å². The number of anilines is 2. The summed E-state index contributed by atoms with van der Waals surface area (Å²) in [5.74, 6) is 0. The lowest BCUT2D eigenvalue weighted by Crippen LogP contribution is -2.10. The van der Waals surface area contributed by atoms with Crippen molar-refractivity contribution in [3.63, 3.8) is 0 Å². The van der Waals surface area contributed by atoms with Gasteiger partial charge in [0, 0.05) is 11.4 Å². The molecular weight excluding hydrogens is 216 g/mol. The first-order chi connectivity index (χ1) is 6.68. The molecule has 0 saturated heterocycles. The van der Waals surface area contributed by atoms with E-state index < -0.39 is 10.1 Å². The van der Waals surface area contributed by atoms with Crippen LogP contribution in [0, 0.1) is 20.8 Å². The average molecular weight is 230 g/mol. The third kappa shape index (κ3) is 1.78. The van der Waals surface area contributed by atoms with E-state index in [1.165, 1.54) is 13.8 Å². The van der Waals surface area contributed by atoms with Crippen LogP contribution < -0.4 is 11.5 Å². The quantitative estimate of drug-likeness (QED) is 0.493. The molecule has 0 radical (unpaired) electrons. The highest BCUT2D eigenvalue weighted by Gasteiger charge is 2.22. The predicted molar refractivity (Wildman–Crippen MR) is 59.3 cm³/mol. The number of nitrogens with two attached hydrogens (primary N) is 2. The number of benzene rings is 1. The van der Waals surface area contributed by atoms with Gasteiger partial charge in [-0.15, -0.1) is 0 Å². The third-order valence-corrected chi connectivity index (χ3v) is 3.68. The van der Waals surface area contributed by atoms with Crippen molar-refractivity contribution in [3.05, 3.63) is 16.7 Å². The molecule has 0 fully saturated rings. The summed E-state index contributed by atoms with van der Waals surface area (Å²) in [5.41, 5.74) is 13.3. The highest BCUT2D eigenvalue weighted by atomic mass is 32.2. The van der Waals surface area contributed by atoms with Gasteiger partial charge in [0.1, 0.15) is 4.90 Å². The summed E-state index contributed by atoms with van der Waals surface area (Å²) in [5, 5.41) is 0. The molecule has 0 unspecified atom stereocenters. The largest absolute Gasteiger partial charge is 0.398 e. The first kappa shape index (κ1) is 11.8. The molecule has 1 rings (SSSR count). The average Bonchev–Trinajstić information content (AvgIpc) is 2.09. The second-order valence-electron chi connectivity index (χ2n) is 3.51. The highest BCUT2D eigenvalue weighted by molar-refractivity contribution is 7.86. The van der Waals surface area contributed by atoms with Gasteiger partial charge in [0.15, 0.2) is 0 Å². The molecule has 0 aliphatic carbocycles. The van der Waals surface area contributed by atoms with Gasteiger partial charge in [-0.3, -0.25) is 4.55 Å². The Morgan fingerprint density at radius 2 is 1.27 bits per heavy atom. The smallest absolute Gasteiger partial charge is 0.295 e. The normalized spacial score (nSPS) is 11.7. The van der Waals surface area contributed by atoms with Gasteiger partial charge in [0.2, 0.25) is 0 Å². The fourth-order valence-corrected chi connectivity index (χ4v) is 2.61. The molecule has 0 amide bonds. The fraction of sp³-hybridized carbons (Fsp3) is 0.333. The fourth-order valence-electron chi connectivity index (χ4n) is 1.62. The summed E-state index contributed by atoms with van der Waals surface area (Å²) < 4.78 is 31.3. The molecule has 0 bridgehead atoms. The maximum absolute atomic E-state index is 11.1. The Balaban J connectivity index is 3.84. The van der Waals surface area contributed by atoms with Crippen molar-refractivity contribution in [2.75, 3.05) is 11.5 Å². The third-order valence-electron chi connectivity index (χ3n) is 2.56. The Morgan fingerprint density at radius 1 is 0.933 bits per heavy atom. The summed E-state index contributed by atoms with van der Waals surface area (Å²) in [4.78, 5) is -0.192. The lowest BCUT2D eigenvalue weighted by atomic mass is 10.0. The van der Waals surface area contributed by atoms with E-state index in [9.17, 15) is 8.42 Å². The SMILES string of the molecule is Cc1c(N)c(C)c(S(=O)(=O)O)c(C)c1N. The van der Waals surface area contributed by atoms with Gasteiger partial charge in [-0.2, -0.15) is 8.42 Å². The molecule has 5 nitrogen and oxygen atoms in total. The molecule has 84 valence electrons. The van der Waals surface area contributed by atoms with E-state index in [0.29, 0.717) is 28.1 Å². The first-order valence-corrected chi connectivity index (χ1v) is 5.74. The highest BCUT2D eigenvalue weighted by Crippen LogP contribution is 2.33. The van der Waals surface area contributed by atoms with Gasteiger partial charge >= 0.3 is 0 Å². The molecule has 0 aliphatic heterocycles. The second kappa shape index (κ2) is 3.39. The molecule has 1 aromatic rings. The van der Waals surface area contributed by atoms with Gasteiger partial charge in [-0.05, 0) is 37.5 Å². The van der Waals surface area contributed by atoms with Crippen LogP contribution in [0.4, 0.5) is 11.4 Å². The van der Waals surface area contributed by atoms with E-state index in [1.807, 2.05) is 0 Å². The molecule has 0 atom stereocenters. The maximum Gasteiger partial charge on any atom is 0.295 e. The summed E-state index contributed by atoms with van der Waals surface area (Å²) in [6.07, 6.45) is 0. The van der Waals surface area contributed by atoms with E-state index in [0.717, 1.165) is 0 Å². The maximum atomic E-state index is 11.1. The second-order valence-corrected chi connectivity index (χ2v) is 4.86. The Kier molecular flexibility index (Phi) is 2.67. The first-order valence-electron chi connectivity index (χ1n) is 4.30. The minimum Gasteiger partial charge on any atom is -0.398 e. The van der Waals surface area contributed by atoms with Gasteiger partial charge in [0.25, 0.3) is 10.1 Å². The Bertz CT molecular complexity index is 492. The van der Waals surface area contributed by atoms with Crippen molar-refractivity contribution in [1.29, 1.82) is 0 Å². The Labute approximate surface area is 88.8 Å². The van der Waals surface area contributed by atoms with Crippen molar-refractivity contribution in [2.45, 2.75) is 25.7 Å². The molecule has 0 saturated carbocycles. The standard InChI is InChI=1S/C9H14N2O3S/c1-4-7(10)5(2)9(15(12,13)14)6(3)8(4)11/h10-11H2,1-3H3,(H,12,13,14). The summed E-state index contributed by atoms with van der Waals surface area (Å²) in [6, 6.07) is 0. The number of nitrogen functional groups attached to an aromatic ring is 2. The molecule has 0 aromatic heterocycles. The van der Waals surface area contributed by atoms with E-state index in [-0.39, 0.29) is 4.90 Å². The Morgan fingerprint density at radius 3 is 1.53 bits per heavy atom. The van der Waals surface area contributed by atoms with Gasteiger partial charge in [-0.1, -0.05) is 0 Å². The zero-order valence-electron chi connectivity index (χ0n) is 8.83. The van der Waals surface area contributed by atoms with Crippen LogP contribution in [0.3, 0.4) is 0 Å². The van der Waals surface area contributed by atoms with Crippen LogP contribution in [0.15, 0.2) is 4.90 Å². The monoisotopic (exact) mass is 230 g/mol. The predicted octanol–water partition coefficient (Wildman–Crippen LogP) is 1.02.